The molecule has 0 radical (unpaired) electrons. The van der Waals surface area contributed by atoms with E-state index in [1.807, 2.05) is 23.1 Å². The number of aliphatic carboxylic acids is 1. The third-order valence-electron chi connectivity index (χ3n) is 7.08. The molecule has 2 bridgehead atoms. The standard InChI is InChI=1S/C21H28N4O4/c26-19(25-10-9-24-7-3-16(25)4-8-24)21(20(27)28)17-13-15(1-2-18(17)22-23-21)14-5-11-29-12-6-14/h1-2,13-14,16,22-23H,3-12H2,(H,27,28). The van der Waals surface area contributed by atoms with Crippen LogP contribution < -0.4 is 10.9 Å². The van der Waals surface area contributed by atoms with Crippen LogP contribution in [0.2, 0.25) is 0 Å². The van der Waals surface area contributed by atoms with Crippen LogP contribution in [0, 0.1) is 0 Å². The van der Waals surface area contributed by atoms with Crippen molar-refractivity contribution in [2.45, 2.75) is 43.2 Å². The first-order valence-electron chi connectivity index (χ1n) is 10.6. The van der Waals surface area contributed by atoms with E-state index in [4.69, 9.17) is 4.74 Å². The second-order valence-electron chi connectivity index (χ2n) is 8.57. The molecule has 4 saturated heterocycles. The van der Waals surface area contributed by atoms with Gasteiger partial charge in [-0.3, -0.25) is 4.79 Å². The van der Waals surface area contributed by atoms with Crippen molar-refractivity contribution < 1.29 is 19.4 Å². The van der Waals surface area contributed by atoms with Crippen molar-refractivity contribution in [2.24, 2.45) is 0 Å². The Hall–Kier alpha value is -2.16. The number of hydrogen-bond donors (Lipinski definition) is 3. The molecule has 0 aromatic heterocycles. The molecule has 0 spiro atoms. The Morgan fingerprint density at radius 3 is 2.55 bits per heavy atom. The Balaban J connectivity index is 1.52. The van der Waals surface area contributed by atoms with Crippen molar-refractivity contribution in [3.05, 3.63) is 29.3 Å². The number of nitrogens with one attached hydrogen (secondary N) is 2. The molecule has 1 aromatic rings. The molecule has 3 N–H and O–H groups in total. The minimum Gasteiger partial charge on any atom is -0.479 e. The number of carbonyl (C=O) groups is 2. The molecule has 6 rings (SSSR count). The zero-order chi connectivity index (χ0) is 20.0. The zero-order valence-electron chi connectivity index (χ0n) is 16.5. The molecule has 1 aromatic carbocycles. The molecular weight excluding hydrogens is 372 g/mol. The molecule has 156 valence electrons. The molecule has 1 unspecified atom stereocenters. The number of fused-ring (bicyclic) bond motifs is 5. The summed E-state index contributed by atoms with van der Waals surface area (Å²) in [6.07, 6.45) is 3.64. The van der Waals surface area contributed by atoms with E-state index in [1.54, 1.807) is 0 Å². The third kappa shape index (κ3) is 3.01. The van der Waals surface area contributed by atoms with Gasteiger partial charge in [-0.05, 0) is 43.2 Å². The van der Waals surface area contributed by atoms with E-state index in [2.05, 4.69) is 15.8 Å². The van der Waals surface area contributed by atoms with Gasteiger partial charge in [-0.15, -0.1) is 0 Å². The number of nitrogens with zero attached hydrogens (tertiary/aromatic N) is 2. The molecule has 5 aliphatic heterocycles. The number of rotatable bonds is 3. The zero-order valence-corrected chi connectivity index (χ0v) is 16.5. The van der Waals surface area contributed by atoms with E-state index in [-0.39, 0.29) is 11.9 Å². The summed E-state index contributed by atoms with van der Waals surface area (Å²) in [4.78, 5) is 30.5. The molecule has 0 aliphatic carbocycles. The molecule has 29 heavy (non-hydrogen) atoms. The van der Waals surface area contributed by atoms with Gasteiger partial charge in [0.15, 0.2) is 0 Å². The summed E-state index contributed by atoms with van der Waals surface area (Å²) >= 11 is 0. The number of ether oxygens (including phenoxy) is 1. The monoisotopic (exact) mass is 400 g/mol. The summed E-state index contributed by atoms with van der Waals surface area (Å²) in [7, 11) is 0. The number of benzene rings is 1. The van der Waals surface area contributed by atoms with Crippen LogP contribution in [0.4, 0.5) is 5.69 Å². The predicted molar refractivity (Wildman–Crippen MR) is 106 cm³/mol. The van der Waals surface area contributed by atoms with Crippen LogP contribution in [0.15, 0.2) is 18.2 Å². The minimum absolute atomic E-state index is 0.113. The Labute approximate surface area is 170 Å². The SMILES string of the molecule is O=C(O)C1(C(=O)N2CCN3CCC2CC3)NNc2ccc(C3CCOCC3)cc21. The maximum atomic E-state index is 13.8. The fourth-order valence-electron chi connectivity index (χ4n) is 5.29. The van der Waals surface area contributed by atoms with Gasteiger partial charge in [0.25, 0.3) is 5.91 Å². The lowest BCUT2D eigenvalue weighted by molar-refractivity contribution is -0.156. The Kier molecular flexibility index (Phi) is 4.72. The van der Waals surface area contributed by atoms with Crippen molar-refractivity contribution in [3.8, 4) is 0 Å². The molecule has 1 amide bonds. The fraction of sp³-hybridized carbons (Fsp3) is 0.619. The highest BCUT2D eigenvalue weighted by molar-refractivity contribution is 6.10. The predicted octanol–water partition coefficient (Wildman–Crippen LogP) is 1.10. The average Bonchev–Trinajstić information content (AvgIpc) is 2.89. The highest BCUT2D eigenvalue weighted by Gasteiger charge is 2.56. The first-order chi connectivity index (χ1) is 14.1. The van der Waals surface area contributed by atoms with Crippen LogP contribution in [0.25, 0.3) is 0 Å². The number of hydrogen-bond acceptors (Lipinski definition) is 6. The maximum absolute atomic E-state index is 13.8. The van der Waals surface area contributed by atoms with Crippen LogP contribution in [-0.4, -0.2) is 72.2 Å². The van der Waals surface area contributed by atoms with E-state index < -0.39 is 11.5 Å². The van der Waals surface area contributed by atoms with Crippen LogP contribution >= 0.6 is 0 Å². The quantitative estimate of drug-likeness (QED) is 0.654. The van der Waals surface area contributed by atoms with E-state index >= 15 is 0 Å². The maximum Gasteiger partial charge on any atom is 0.340 e. The van der Waals surface area contributed by atoms with Crippen molar-refractivity contribution in [1.29, 1.82) is 0 Å². The number of hydrazine groups is 1. The summed E-state index contributed by atoms with van der Waals surface area (Å²) in [6.45, 7) is 4.77. The molecule has 4 fully saturated rings. The van der Waals surface area contributed by atoms with Gasteiger partial charge in [0.2, 0.25) is 5.54 Å². The van der Waals surface area contributed by atoms with Crippen LogP contribution in [0.1, 0.15) is 42.7 Å². The van der Waals surface area contributed by atoms with Crippen molar-refractivity contribution in [3.63, 3.8) is 0 Å². The average molecular weight is 400 g/mol. The topological polar surface area (TPSA) is 94.1 Å². The second kappa shape index (κ2) is 7.27. The number of amides is 1. The first kappa shape index (κ1) is 18.8. The first-order valence-corrected chi connectivity index (χ1v) is 10.6. The Morgan fingerprint density at radius 2 is 1.83 bits per heavy atom. The number of carboxylic acids is 1. The highest BCUT2D eigenvalue weighted by Crippen LogP contribution is 2.40. The number of carbonyl (C=O) groups excluding carboxylic acids is 1. The lowest BCUT2D eigenvalue weighted by atomic mass is 9.84. The largest absolute Gasteiger partial charge is 0.479 e. The van der Waals surface area contributed by atoms with Crippen molar-refractivity contribution in [2.75, 3.05) is 44.8 Å². The van der Waals surface area contributed by atoms with Gasteiger partial charge in [0.1, 0.15) is 0 Å². The fourth-order valence-corrected chi connectivity index (χ4v) is 5.29. The van der Waals surface area contributed by atoms with Crippen LogP contribution in [0.5, 0.6) is 0 Å². The third-order valence-corrected chi connectivity index (χ3v) is 7.08. The smallest absolute Gasteiger partial charge is 0.340 e. The summed E-state index contributed by atoms with van der Waals surface area (Å²) in [6, 6.07) is 5.96. The molecule has 8 heteroatoms. The normalized spacial score (nSPS) is 31.8. The number of anilines is 1. The van der Waals surface area contributed by atoms with Gasteiger partial charge in [0.05, 0.1) is 5.69 Å². The lowest BCUT2D eigenvalue weighted by Gasteiger charge is -2.36. The van der Waals surface area contributed by atoms with Crippen molar-refractivity contribution in [1.82, 2.24) is 15.2 Å². The summed E-state index contributed by atoms with van der Waals surface area (Å²) in [5, 5.41) is 10.3. The lowest BCUT2D eigenvalue weighted by Crippen LogP contribution is -2.60. The molecular formula is C21H28N4O4. The molecule has 1 atom stereocenters. The van der Waals surface area contributed by atoms with Gasteiger partial charge in [-0.2, -0.15) is 0 Å². The van der Waals surface area contributed by atoms with Gasteiger partial charge in [-0.25, -0.2) is 10.2 Å². The van der Waals surface area contributed by atoms with Gasteiger partial charge in [-0.1, -0.05) is 12.1 Å². The van der Waals surface area contributed by atoms with Crippen molar-refractivity contribution >= 4 is 17.6 Å². The number of piperidine rings is 1. The van der Waals surface area contributed by atoms with E-state index in [9.17, 15) is 14.7 Å². The molecule has 8 nitrogen and oxygen atoms in total. The van der Waals surface area contributed by atoms with Crippen LogP contribution in [0.3, 0.4) is 0 Å². The van der Waals surface area contributed by atoms with E-state index in [1.165, 1.54) is 0 Å². The second-order valence-corrected chi connectivity index (χ2v) is 8.57. The van der Waals surface area contributed by atoms with Gasteiger partial charge < -0.3 is 25.1 Å². The highest BCUT2D eigenvalue weighted by atomic mass is 16.5. The summed E-state index contributed by atoms with van der Waals surface area (Å²) in [5.41, 5.74) is 6.32. The molecule has 5 heterocycles. The summed E-state index contributed by atoms with van der Waals surface area (Å²) < 4.78 is 5.47. The van der Waals surface area contributed by atoms with E-state index in [0.717, 1.165) is 50.9 Å². The van der Waals surface area contributed by atoms with Gasteiger partial charge in [0, 0.05) is 51.0 Å². The summed E-state index contributed by atoms with van der Waals surface area (Å²) in [5.74, 6) is -1.18. The van der Waals surface area contributed by atoms with E-state index in [0.29, 0.717) is 36.9 Å². The molecule has 5 aliphatic rings. The number of carboxylic acid groups (broad SMARTS) is 1. The minimum atomic E-state index is -1.78. The Bertz CT molecular complexity index is 817. The van der Waals surface area contributed by atoms with Gasteiger partial charge >= 0.3 is 5.97 Å². The van der Waals surface area contributed by atoms with Crippen LogP contribution in [-0.2, 0) is 19.9 Å². The Morgan fingerprint density at radius 1 is 1.07 bits per heavy atom. The molecule has 0 saturated carbocycles.